The van der Waals surface area contributed by atoms with E-state index in [-0.39, 0.29) is 5.82 Å². The van der Waals surface area contributed by atoms with E-state index < -0.39 is 5.56 Å². The highest BCUT2D eigenvalue weighted by Gasteiger charge is 2.12. The quantitative estimate of drug-likeness (QED) is 0.518. The van der Waals surface area contributed by atoms with E-state index in [1.165, 1.54) is 11.8 Å². The van der Waals surface area contributed by atoms with Gasteiger partial charge in [-0.25, -0.2) is 0 Å². The Labute approximate surface area is 148 Å². The van der Waals surface area contributed by atoms with Crippen molar-refractivity contribution in [3.8, 4) is 5.75 Å². The summed E-state index contributed by atoms with van der Waals surface area (Å²) in [7, 11) is 1.55. The predicted molar refractivity (Wildman–Crippen MR) is 98.7 cm³/mol. The van der Waals surface area contributed by atoms with Gasteiger partial charge in [0.2, 0.25) is 11.0 Å². The molecule has 8 heteroatoms. The number of hydrogen-bond donors (Lipinski definition) is 2. The Balaban J connectivity index is 1.79. The van der Waals surface area contributed by atoms with Gasteiger partial charge in [0.15, 0.2) is 0 Å². The monoisotopic (exact) mass is 355 g/mol. The molecule has 1 heterocycles. The molecule has 0 aliphatic carbocycles. The van der Waals surface area contributed by atoms with Crippen molar-refractivity contribution >= 4 is 23.3 Å². The number of nitrogens with one attached hydrogen (secondary N) is 1. The number of hydrogen-bond acceptors (Lipinski definition) is 7. The summed E-state index contributed by atoms with van der Waals surface area (Å²) in [5.41, 5.74) is 1.26. The fourth-order valence-corrected chi connectivity index (χ4v) is 2.97. The lowest BCUT2D eigenvalue weighted by Crippen LogP contribution is -2.32. The number of ether oxygens (including phenoxy) is 1. The summed E-state index contributed by atoms with van der Waals surface area (Å²) in [6.07, 6.45) is 0. The summed E-state index contributed by atoms with van der Waals surface area (Å²) in [6, 6.07) is 17.1. The van der Waals surface area contributed by atoms with Crippen molar-refractivity contribution in [3.05, 3.63) is 70.5 Å². The number of para-hydroxylation sites is 2. The third-order valence-electron chi connectivity index (χ3n) is 3.43. The second kappa shape index (κ2) is 7.71. The number of thioether (sulfide) groups is 1. The van der Waals surface area contributed by atoms with Gasteiger partial charge in [-0.15, -0.1) is 10.2 Å². The lowest BCUT2D eigenvalue weighted by Gasteiger charge is -2.11. The number of benzene rings is 2. The van der Waals surface area contributed by atoms with E-state index in [9.17, 15) is 4.79 Å². The van der Waals surface area contributed by atoms with E-state index in [0.29, 0.717) is 22.3 Å². The summed E-state index contributed by atoms with van der Waals surface area (Å²) in [4.78, 5) is 12.4. The zero-order valence-electron chi connectivity index (χ0n) is 13.5. The smallest absolute Gasteiger partial charge is 0.315 e. The molecule has 0 amide bonds. The van der Waals surface area contributed by atoms with Gasteiger partial charge in [0, 0.05) is 5.75 Å². The van der Waals surface area contributed by atoms with Gasteiger partial charge in [-0.05, 0) is 17.7 Å². The van der Waals surface area contributed by atoms with Crippen LogP contribution in [0.25, 0.3) is 0 Å². The summed E-state index contributed by atoms with van der Waals surface area (Å²) >= 11 is 1.35. The number of methoxy groups -OCH3 is 1. The minimum atomic E-state index is -0.462. The summed E-state index contributed by atoms with van der Waals surface area (Å²) in [6.45, 7) is 0. The molecule has 1 aromatic heterocycles. The van der Waals surface area contributed by atoms with Gasteiger partial charge in [-0.1, -0.05) is 54.2 Å². The van der Waals surface area contributed by atoms with Crippen molar-refractivity contribution in [2.45, 2.75) is 10.9 Å². The topological polar surface area (TPSA) is 95.1 Å². The molecule has 7 nitrogen and oxygen atoms in total. The maximum Gasteiger partial charge on any atom is 0.315 e. The molecule has 0 radical (unpaired) electrons. The molecule has 3 rings (SSSR count). The minimum Gasteiger partial charge on any atom is -0.495 e. The van der Waals surface area contributed by atoms with Crippen molar-refractivity contribution in [3.63, 3.8) is 0 Å². The molecule has 128 valence electrons. The number of nitrogens with two attached hydrogens (primary N) is 1. The molecule has 0 bridgehead atoms. The Hall–Kier alpha value is -3.00. The largest absolute Gasteiger partial charge is 0.495 e. The highest BCUT2D eigenvalue weighted by molar-refractivity contribution is 7.98. The van der Waals surface area contributed by atoms with Gasteiger partial charge >= 0.3 is 5.56 Å². The lowest BCUT2D eigenvalue weighted by atomic mass is 10.2. The molecule has 3 N–H and O–H groups in total. The zero-order chi connectivity index (χ0) is 17.6. The SMILES string of the molecule is COc1ccccc1Nc1nnc(SCc2ccccc2)n(N)c1=O. The first-order valence-corrected chi connectivity index (χ1v) is 8.49. The normalized spacial score (nSPS) is 10.4. The first-order chi connectivity index (χ1) is 12.2. The van der Waals surface area contributed by atoms with Crippen LogP contribution in [0.5, 0.6) is 5.75 Å². The molecule has 25 heavy (non-hydrogen) atoms. The first kappa shape index (κ1) is 16.8. The molecule has 0 fully saturated rings. The van der Waals surface area contributed by atoms with E-state index in [4.69, 9.17) is 10.6 Å². The van der Waals surface area contributed by atoms with Crippen molar-refractivity contribution in [1.29, 1.82) is 0 Å². The summed E-state index contributed by atoms with van der Waals surface area (Å²) in [5.74, 6) is 7.16. The van der Waals surface area contributed by atoms with Crippen molar-refractivity contribution in [2.24, 2.45) is 0 Å². The zero-order valence-corrected chi connectivity index (χ0v) is 14.4. The molecule has 0 saturated heterocycles. The summed E-state index contributed by atoms with van der Waals surface area (Å²) in [5, 5.41) is 11.3. The van der Waals surface area contributed by atoms with Crippen molar-refractivity contribution in [2.75, 3.05) is 18.3 Å². The average molecular weight is 355 g/mol. The second-order valence-electron chi connectivity index (χ2n) is 5.11. The van der Waals surface area contributed by atoms with Crippen LogP contribution in [0.15, 0.2) is 64.5 Å². The highest BCUT2D eigenvalue weighted by Crippen LogP contribution is 2.25. The van der Waals surface area contributed by atoms with Gasteiger partial charge in [-0.3, -0.25) is 4.79 Å². The number of nitrogen functional groups attached to an aromatic ring is 1. The number of nitrogens with zero attached hydrogens (tertiary/aromatic N) is 3. The van der Waals surface area contributed by atoms with Crippen LogP contribution in [0.3, 0.4) is 0 Å². The second-order valence-corrected chi connectivity index (χ2v) is 6.05. The molecule has 0 aliphatic rings. The van der Waals surface area contributed by atoms with Gasteiger partial charge in [0.05, 0.1) is 12.8 Å². The fraction of sp³-hybridized carbons (Fsp3) is 0.118. The van der Waals surface area contributed by atoms with E-state index in [0.717, 1.165) is 10.2 Å². The van der Waals surface area contributed by atoms with E-state index in [1.807, 2.05) is 42.5 Å². The van der Waals surface area contributed by atoms with E-state index in [1.54, 1.807) is 19.2 Å². The Morgan fingerprint density at radius 2 is 1.84 bits per heavy atom. The summed E-state index contributed by atoms with van der Waals surface area (Å²) < 4.78 is 6.24. The Morgan fingerprint density at radius 3 is 2.60 bits per heavy atom. The van der Waals surface area contributed by atoms with Gasteiger partial charge in [0.25, 0.3) is 0 Å². The molecular weight excluding hydrogens is 338 g/mol. The Bertz CT molecular complexity index is 914. The van der Waals surface area contributed by atoms with Gasteiger partial charge < -0.3 is 15.9 Å². The maximum absolute atomic E-state index is 12.4. The average Bonchev–Trinajstić information content (AvgIpc) is 2.66. The van der Waals surface area contributed by atoms with Crippen molar-refractivity contribution < 1.29 is 4.74 Å². The van der Waals surface area contributed by atoms with Gasteiger partial charge in [0.1, 0.15) is 5.75 Å². The standard InChI is InChI=1S/C17H17N5O2S/c1-24-14-10-6-5-9-13(14)19-15-16(23)22(18)17(21-20-15)25-11-12-7-3-2-4-8-12/h2-10H,11,18H2,1H3,(H,19,20). The van der Waals surface area contributed by atoms with Crippen LogP contribution >= 0.6 is 11.8 Å². The van der Waals surface area contributed by atoms with Crippen LogP contribution in [0.4, 0.5) is 11.5 Å². The van der Waals surface area contributed by atoms with Crippen LogP contribution in [0, 0.1) is 0 Å². The molecule has 0 spiro atoms. The molecule has 2 aromatic carbocycles. The Kier molecular flexibility index (Phi) is 5.20. The van der Waals surface area contributed by atoms with Crippen LogP contribution in [-0.4, -0.2) is 22.0 Å². The molecular formula is C17H17N5O2S. The number of rotatable bonds is 6. The third kappa shape index (κ3) is 3.92. The van der Waals surface area contributed by atoms with Crippen LogP contribution in [0.2, 0.25) is 0 Å². The van der Waals surface area contributed by atoms with Crippen molar-refractivity contribution in [1.82, 2.24) is 14.9 Å². The van der Waals surface area contributed by atoms with Crippen LogP contribution < -0.4 is 21.5 Å². The maximum atomic E-state index is 12.4. The van der Waals surface area contributed by atoms with E-state index in [2.05, 4.69) is 15.5 Å². The van der Waals surface area contributed by atoms with Crippen LogP contribution in [0.1, 0.15) is 5.56 Å². The molecule has 0 unspecified atom stereocenters. The lowest BCUT2D eigenvalue weighted by molar-refractivity contribution is 0.417. The molecule has 0 atom stereocenters. The number of anilines is 2. The predicted octanol–water partition coefficient (Wildman–Crippen LogP) is 2.40. The molecule has 0 saturated carbocycles. The highest BCUT2D eigenvalue weighted by atomic mass is 32.2. The van der Waals surface area contributed by atoms with Gasteiger partial charge in [-0.2, -0.15) is 4.68 Å². The molecule has 0 aliphatic heterocycles. The minimum absolute atomic E-state index is 0.0380. The molecule has 3 aromatic rings. The van der Waals surface area contributed by atoms with E-state index >= 15 is 0 Å². The third-order valence-corrected chi connectivity index (χ3v) is 4.45. The Morgan fingerprint density at radius 1 is 1.12 bits per heavy atom. The first-order valence-electron chi connectivity index (χ1n) is 7.50. The fourth-order valence-electron chi connectivity index (χ4n) is 2.16. The number of aromatic nitrogens is 3. The van der Waals surface area contributed by atoms with Crippen LogP contribution in [-0.2, 0) is 5.75 Å².